The van der Waals surface area contributed by atoms with Gasteiger partial charge in [0.05, 0.1) is 21.8 Å². The molecule has 1 aliphatic rings. The maximum Gasteiger partial charge on any atom is 0.235 e. The first kappa shape index (κ1) is 18.9. The Balaban J connectivity index is 1.53. The van der Waals surface area contributed by atoms with E-state index in [9.17, 15) is 4.79 Å². The molecule has 1 fully saturated rings. The maximum atomic E-state index is 12.4. The third kappa shape index (κ3) is 4.08. The van der Waals surface area contributed by atoms with Crippen LogP contribution < -0.4 is 5.32 Å². The van der Waals surface area contributed by atoms with Crippen LogP contribution in [0.25, 0.3) is 10.2 Å². The van der Waals surface area contributed by atoms with Gasteiger partial charge >= 0.3 is 0 Å². The molecule has 1 saturated heterocycles. The van der Waals surface area contributed by atoms with Crippen molar-refractivity contribution >= 4 is 27.5 Å². The molecule has 0 aliphatic carbocycles. The Morgan fingerprint density at radius 2 is 2.04 bits per heavy atom. The van der Waals surface area contributed by atoms with Crippen molar-refractivity contribution < 1.29 is 4.79 Å². The summed E-state index contributed by atoms with van der Waals surface area (Å²) in [5.74, 6) is 3.30. The summed E-state index contributed by atoms with van der Waals surface area (Å²) >= 11 is 1.80. The molecule has 26 heavy (non-hydrogen) atoms. The predicted octanol–water partition coefficient (Wildman–Crippen LogP) is 3.78. The standard InChI is InChI=1S/C21H27N3OS/c1-4-21(5-2,6-3)23-19(25)15-24-13-11-16(12-14-24)20-22-17-9-7-8-10-18(17)26-20/h1,7-10,16H,5-6,11-15H2,2-3H3,(H,23,25). The van der Waals surface area contributed by atoms with Crippen molar-refractivity contribution in [3.63, 3.8) is 0 Å². The summed E-state index contributed by atoms with van der Waals surface area (Å²) in [6.45, 7) is 6.32. The quantitative estimate of drug-likeness (QED) is 0.788. The van der Waals surface area contributed by atoms with Crippen LogP contribution in [-0.2, 0) is 4.79 Å². The summed E-state index contributed by atoms with van der Waals surface area (Å²) in [6.07, 6.45) is 9.25. The molecular formula is C21H27N3OS. The molecule has 1 N–H and O–H groups in total. The molecule has 0 unspecified atom stereocenters. The SMILES string of the molecule is C#CC(CC)(CC)NC(=O)CN1CCC(c2nc3ccccc3s2)CC1. The van der Waals surface area contributed by atoms with E-state index in [2.05, 4.69) is 34.3 Å². The van der Waals surface area contributed by atoms with Gasteiger partial charge in [-0.1, -0.05) is 31.9 Å². The number of amides is 1. The van der Waals surface area contributed by atoms with Crippen molar-refractivity contribution in [2.45, 2.75) is 51.0 Å². The highest BCUT2D eigenvalue weighted by Crippen LogP contribution is 2.33. The van der Waals surface area contributed by atoms with Crippen molar-refractivity contribution in [1.29, 1.82) is 0 Å². The number of hydrogen-bond donors (Lipinski definition) is 1. The van der Waals surface area contributed by atoms with Crippen LogP contribution in [0.1, 0.15) is 50.5 Å². The molecule has 2 heterocycles. The first-order chi connectivity index (χ1) is 12.6. The van der Waals surface area contributed by atoms with Crippen LogP contribution in [0.3, 0.4) is 0 Å². The van der Waals surface area contributed by atoms with E-state index >= 15 is 0 Å². The molecule has 1 amide bonds. The highest BCUT2D eigenvalue weighted by molar-refractivity contribution is 7.18. The number of rotatable bonds is 6. The van der Waals surface area contributed by atoms with Crippen molar-refractivity contribution in [1.82, 2.24) is 15.2 Å². The van der Waals surface area contributed by atoms with Gasteiger partial charge in [-0.05, 0) is 50.9 Å². The van der Waals surface area contributed by atoms with Gasteiger partial charge in [0, 0.05) is 5.92 Å². The zero-order chi connectivity index (χ0) is 18.6. The Labute approximate surface area is 160 Å². The number of benzene rings is 1. The van der Waals surface area contributed by atoms with Gasteiger partial charge in [-0.3, -0.25) is 9.69 Å². The second-order valence-corrected chi connectivity index (χ2v) is 8.11. The van der Waals surface area contributed by atoms with Gasteiger partial charge in [-0.2, -0.15) is 0 Å². The van der Waals surface area contributed by atoms with Crippen molar-refractivity contribution in [3.8, 4) is 12.3 Å². The number of terminal acetylenes is 1. The molecule has 0 spiro atoms. The number of piperidine rings is 1. The lowest BCUT2D eigenvalue weighted by atomic mass is 9.93. The van der Waals surface area contributed by atoms with Crippen LogP contribution in [0.15, 0.2) is 24.3 Å². The lowest BCUT2D eigenvalue weighted by molar-refractivity contribution is -0.123. The Hall–Kier alpha value is -1.90. The Morgan fingerprint density at radius 3 is 2.65 bits per heavy atom. The van der Waals surface area contributed by atoms with E-state index in [0.717, 1.165) is 44.3 Å². The number of nitrogens with one attached hydrogen (secondary N) is 1. The molecule has 138 valence electrons. The molecule has 0 radical (unpaired) electrons. The number of carbonyl (C=O) groups excluding carboxylic acids is 1. The fraction of sp³-hybridized carbons (Fsp3) is 0.524. The summed E-state index contributed by atoms with van der Waals surface area (Å²) in [4.78, 5) is 19.4. The number of carbonyl (C=O) groups is 1. The minimum atomic E-state index is -0.504. The summed E-state index contributed by atoms with van der Waals surface area (Å²) < 4.78 is 1.26. The minimum absolute atomic E-state index is 0.0325. The summed E-state index contributed by atoms with van der Waals surface area (Å²) in [5, 5.41) is 4.30. The Bertz CT molecular complexity index is 762. The molecule has 4 nitrogen and oxygen atoms in total. The van der Waals surface area contributed by atoms with Gasteiger partial charge in [-0.25, -0.2) is 4.98 Å². The van der Waals surface area contributed by atoms with Gasteiger partial charge in [-0.15, -0.1) is 17.8 Å². The molecular weight excluding hydrogens is 342 g/mol. The fourth-order valence-corrected chi connectivity index (χ4v) is 4.72. The number of para-hydroxylation sites is 1. The zero-order valence-corrected chi connectivity index (χ0v) is 16.4. The molecule has 0 atom stereocenters. The van der Waals surface area contributed by atoms with Crippen LogP contribution in [0.5, 0.6) is 0 Å². The maximum absolute atomic E-state index is 12.4. The van der Waals surface area contributed by atoms with Crippen molar-refractivity contribution in [2.24, 2.45) is 0 Å². The number of aromatic nitrogens is 1. The summed E-state index contributed by atoms with van der Waals surface area (Å²) in [7, 11) is 0. The van der Waals surface area contributed by atoms with E-state index in [1.165, 1.54) is 9.71 Å². The third-order valence-corrected chi connectivity index (χ3v) is 6.68. The van der Waals surface area contributed by atoms with E-state index in [1.54, 1.807) is 11.3 Å². The average Bonchev–Trinajstić information content (AvgIpc) is 3.11. The van der Waals surface area contributed by atoms with E-state index in [0.29, 0.717) is 12.5 Å². The minimum Gasteiger partial charge on any atom is -0.339 e. The summed E-state index contributed by atoms with van der Waals surface area (Å²) in [6, 6.07) is 8.31. The van der Waals surface area contributed by atoms with E-state index in [1.807, 2.05) is 19.9 Å². The van der Waals surface area contributed by atoms with Crippen LogP contribution in [0, 0.1) is 12.3 Å². The molecule has 1 aliphatic heterocycles. The zero-order valence-electron chi connectivity index (χ0n) is 15.6. The molecule has 3 rings (SSSR count). The van der Waals surface area contributed by atoms with Crippen LogP contribution in [0.4, 0.5) is 0 Å². The highest BCUT2D eigenvalue weighted by atomic mass is 32.1. The van der Waals surface area contributed by atoms with Gasteiger partial charge in [0.15, 0.2) is 0 Å². The largest absolute Gasteiger partial charge is 0.339 e. The Kier molecular flexibility index (Phi) is 5.95. The number of nitrogens with zero attached hydrogens (tertiary/aromatic N) is 2. The second kappa shape index (κ2) is 8.20. The predicted molar refractivity (Wildman–Crippen MR) is 108 cm³/mol. The average molecular weight is 370 g/mol. The molecule has 5 heteroatoms. The van der Waals surface area contributed by atoms with E-state index in [4.69, 9.17) is 11.4 Å². The second-order valence-electron chi connectivity index (χ2n) is 7.05. The monoisotopic (exact) mass is 369 g/mol. The van der Waals surface area contributed by atoms with Gasteiger partial charge in [0.25, 0.3) is 0 Å². The lowest BCUT2D eigenvalue weighted by Gasteiger charge is -2.32. The lowest BCUT2D eigenvalue weighted by Crippen LogP contribution is -2.50. The fourth-order valence-electron chi connectivity index (χ4n) is 3.58. The smallest absolute Gasteiger partial charge is 0.235 e. The van der Waals surface area contributed by atoms with E-state index in [-0.39, 0.29) is 5.91 Å². The Morgan fingerprint density at radius 1 is 1.35 bits per heavy atom. The topological polar surface area (TPSA) is 45.2 Å². The van der Waals surface area contributed by atoms with Gasteiger partial charge < -0.3 is 5.32 Å². The first-order valence-corrected chi connectivity index (χ1v) is 10.3. The van der Waals surface area contributed by atoms with Crippen LogP contribution >= 0.6 is 11.3 Å². The van der Waals surface area contributed by atoms with Crippen LogP contribution in [-0.4, -0.2) is 41.0 Å². The summed E-state index contributed by atoms with van der Waals surface area (Å²) in [5.41, 5.74) is 0.593. The van der Waals surface area contributed by atoms with Gasteiger partial charge in [0.1, 0.15) is 5.54 Å². The number of fused-ring (bicyclic) bond motifs is 1. The van der Waals surface area contributed by atoms with E-state index < -0.39 is 5.54 Å². The normalized spacial score (nSPS) is 16.5. The van der Waals surface area contributed by atoms with Crippen molar-refractivity contribution in [3.05, 3.63) is 29.3 Å². The number of hydrogen-bond acceptors (Lipinski definition) is 4. The molecule has 0 saturated carbocycles. The molecule has 2 aromatic rings. The molecule has 0 bridgehead atoms. The number of likely N-dealkylation sites (tertiary alicyclic amines) is 1. The van der Waals surface area contributed by atoms with Crippen LogP contribution in [0.2, 0.25) is 0 Å². The van der Waals surface area contributed by atoms with Gasteiger partial charge in [0.2, 0.25) is 5.91 Å². The molecule has 1 aromatic heterocycles. The highest BCUT2D eigenvalue weighted by Gasteiger charge is 2.28. The molecule has 1 aromatic carbocycles. The number of thiazole rings is 1. The third-order valence-electron chi connectivity index (χ3n) is 5.48. The first-order valence-electron chi connectivity index (χ1n) is 9.45. The van der Waals surface area contributed by atoms with Crippen molar-refractivity contribution in [2.75, 3.05) is 19.6 Å².